The molecule has 0 bridgehead atoms. The van der Waals surface area contributed by atoms with Crippen molar-refractivity contribution in [2.24, 2.45) is 5.73 Å². The fraction of sp³-hybridized carbons (Fsp3) is 0.600. The first kappa shape index (κ1) is 13.9. The van der Waals surface area contributed by atoms with Gasteiger partial charge in [0.25, 0.3) is 0 Å². The Morgan fingerprint density at radius 3 is 2.44 bits per heavy atom. The number of ether oxygens (including phenoxy) is 1. The Morgan fingerprint density at radius 2 is 1.89 bits per heavy atom. The predicted molar refractivity (Wildman–Crippen MR) is 79.4 cm³/mol. The molecule has 0 aliphatic heterocycles. The highest BCUT2D eigenvalue weighted by molar-refractivity contribution is 9.10. The van der Waals surface area contributed by atoms with Gasteiger partial charge in [0.15, 0.2) is 0 Å². The van der Waals surface area contributed by atoms with Gasteiger partial charge in [-0.05, 0) is 78.6 Å². The summed E-state index contributed by atoms with van der Waals surface area (Å²) in [7, 11) is 1.75. The van der Waals surface area contributed by atoms with Crippen LogP contribution in [-0.4, -0.2) is 13.2 Å². The first-order chi connectivity index (χ1) is 8.56. The highest BCUT2D eigenvalue weighted by atomic mass is 79.9. The average molecular weight is 312 g/mol. The second-order valence-corrected chi connectivity index (χ2v) is 6.09. The van der Waals surface area contributed by atoms with Crippen molar-refractivity contribution in [2.75, 3.05) is 7.11 Å². The van der Waals surface area contributed by atoms with E-state index in [4.69, 9.17) is 10.5 Å². The summed E-state index contributed by atoms with van der Waals surface area (Å²) in [6.45, 7) is 4.27. The third-order valence-corrected chi connectivity index (χ3v) is 4.68. The van der Waals surface area contributed by atoms with Gasteiger partial charge in [-0.3, -0.25) is 0 Å². The van der Waals surface area contributed by atoms with Crippen molar-refractivity contribution in [1.82, 2.24) is 0 Å². The summed E-state index contributed by atoms with van der Waals surface area (Å²) in [4.78, 5) is 0. The minimum atomic E-state index is 0.158. The Bertz CT molecular complexity index is 455. The van der Waals surface area contributed by atoms with Crippen LogP contribution >= 0.6 is 15.9 Å². The fourth-order valence-electron chi connectivity index (χ4n) is 2.96. The molecule has 1 aromatic rings. The van der Waals surface area contributed by atoms with Gasteiger partial charge in [-0.15, -0.1) is 0 Å². The minimum absolute atomic E-state index is 0.158. The average Bonchev–Trinajstić information content (AvgIpc) is 2.36. The zero-order valence-corrected chi connectivity index (χ0v) is 13.1. The lowest BCUT2D eigenvalue weighted by molar-refractivity contribution is 0.403. The van der Waals surface area contributed by atoms with Gasteiger partial charge in [0.05, 0.1) is 11.6 Å². The largest absolute Gasteiger partial charge is 0.495 e. The van der Waals surface area contributed by atoms with E-state index in [0.29, 0.717) is 0 Å². The van der Waals surface area contributed by atoms with Crippen LogP contribution in [-0.2, 0) is 19.3 Å². The van der Waals surface area contributed by atoms with Crippen LogP contribution in [0.25, 0.3) is 0 Å². The monoisotopic (exact) mass is 311 g/mol. The summed E-state index contributed by atoms with van der Waals surface area (Å²) in [5.41, 5.74) is 11.6. The van der Waals surface area contributed by atoms with E-state index in [1.165, 1.54) is 41.5 Å². The number of hydrogen-bond acceptors (Lipinski definition) is 2. The van der Waals surface area contributed by atoms with E-state index in [2.05, 4.69) is 22.9 Å². The molecule has 0 spiro atoms. The van der Waals surface area contributed by atoms with Gasteiger partial charge in [0.2, 0.25) is 0 Å². The lowest BCUT2D eigenvalue weighted by Gasteiger charge is -2.25. The van der Waals surface area contributed by atoms with Crippen molar-refractivity contribution >= 4 is 15.9 Å². The molecule has 2 nitrogen and oxygen atoms in total. The molecule has 0 aromatic heterocycles. The van der Waals surface area contributed by atoms with Gasteiger partial charge >= 0.3 is 0 Å². The number of fused-ring (bicyclic) bond motifs is 1. The molecule has 0 heterocycles. The van der Waals surface area contributed by atoms with Gasteiger partial charge in [-0.1, -0.05) is 0 Å². The van der Waals surface area contributed by atoms with E-state index >= 15 is 0 Å². The molecule has 0 saturated carbocycles. The first-order valence-corrected chi connectivity index (χ1v) is 7.47. The predicted octanol–water partition coefficient (Wildman–Crippen LogP) is 3.53. The van der Waals surface area contributed by atoms with Crippen molar-refractivity contribution in [3.8, 4) is 5.75 Å². The van der Waals surface area contributed by atoms with E-state index in [-0.39, 0.29) is 6.04 Å². The van der Waals surface area contributed by atoms with Crippen molar-refractivity contribution in [1.29, 1.82) is 0 Å². The zero-order valence-electron chi connectivity index (χ0n) is 11.5. The molecule has 1 aliphatic carbocycles. The highest BCUT2D eigenvalue weighted by Gasteiger charge is 2.23. The van der Waals surface area contributed by atoms with E-state index in [0.717, 1.165) is 23.1 Å². The maximum Gasteiger partial charge on any atom is 0.136 e. The van der Waals surface area contributed by atoms with Gasteiger partial charge in [0.1, 0.15) is 5.75 Å². The second-order valence-electron chi connectivity index (χ2n) is 5.30. The summed E-state index contributed by atoms with van der Waals surface area (Å²) < 4.78 is 6.78. The standard InChI is InChI=1S/C15H22BrNO/c1-9(17)8-13-10(2)11-6-4-5-7-12(11)14(16)15(13)18-3/h9H,4-8,17H2,1-3H3. The van der Waals surface area contributed by atoms with Crippen LogP contribution in [0.2, 0.25) is 0 Å². The number of hydrogen-bond donors (Lipinski definition) is 1. The van der Waals surface area contributed by atoms with Crippen molar-refractivity contribution < 1.29 is 4.74 Å². The molecule has 1 aromatic carbocycles. The Morgan fingerprint density at radius 1 is 1.28 bits per heavy atom. The Kier molecular flexibility index (Phi) is 4.33. The molecule has 1 atom stereocenters. The summed E-state index contributed by atoms with van der Waals surface area (Å²) in [5.74, 6) is 0.991. The van der Waals surface area contributed by atoms with Gasteiger partial charge < -0.3 is 10.5 Å². The van der Waals surface area contributed by atoms with Crippen molar-refractivity contribution in [3.05, 3.63) is 26.7 Å². The number of benzene rings is 1. The SMILES string of the molecule is COc1c(Br)c2c(c(C)c1CC(C)N)CCCC2. The van der Waals surface area contributed by atoms with Crippen LogP contribution in [0.4, 0.5) is 0 Å². The topological polar surface area (TPSA) is 35.2 Å². The molecule has 0 radical (unpaired) electrons. The Hall–Kier alpha value is -0.540. The number of nitrogens with two attached hydrogens (primary N) is 1. The number of halogens is 1. The molecule has 0 amide bonds. The molecule has 1 unspecified atom stereocenters. The smallest absolute Gasteiger partial charge is 0.136 e. The Balaban J connectivity index is 2.60. The number of rotatable bonds is 3. The lowest BCUT2D eigenvalue weighted by atomic mass is 9.84. The molecule has 1 aliphatic rings. The summed E-state index contributed by atoms with van der Waals surface area (Å²) in [6, 6.07) is 0.158. The molecule has 18 heavy (non-hydrogen) atoms. The van der Waals surface area contributed by atoms with E-state index in [9.17, 15) is 0 Å². The van der Waals surface area contributed by atoms with Crippen LogP contribution < -0.4 is 10.5 Å². The van der Waals surface area contributed by atoms with Crippen LogP contribution in [0, 0.1) is 6.92 Å². The van der Waals surface area contributed by atoms with Crippen LogP contribution in [0.1, 0.15) is 42.0 Å². The molecule has 0 saturated heterocycles. The first-order valence-electron chi connectivity index (χ1n) is 6.68. The quantitative estimate of drug-likeness (QED) is 0.926. The molecule has 2 N–H and O–H groups in total. The summed E-state index contributed by atoms with van der Waals surface area (Å²) in [6.07, 6.45) is 5.80. The molecule has 3 heteroatoms. The normalized spacial score (nSPS) is 16.3. The molecule has 0 fully saturated rings. The summed E-state index contributed by atoms with van der Waals surface area (Å²) >= 11 is 3.74. The molecular weight excluding hydrogens is 290 g/mol. The van der Waals surface area contributed by atoms with E-state index in [1.807, 2.05) is 6.92 Å². The van der Waals surface area contributed by atoms with Crippen molar-refractivity contribution in [2.45, 2.75) is 52.0 Å². The van der Waals surface area contributed by atoms with E-state index in [1.54, 1.807) is 7.11 Å². The lowest BCUT2D eigenvalue weighted by Crippen LogP contribution is -2.20. The summed E-state index contributed by atoms with van der Waals surface area (Å²) in [5, 5.41) is 0. The highest BCUT2D eigenvalue weighted by Crippen LogP contribution is 2.41. The fourth-order valence-corrected chi connectivity index (χ4v) is 3.80. The Labute approximate surface area is 118 Å². The van der Waals surface area contributed by atoms with Gasteiger partial charge in [-0.25, -0.2) is 0 Å². The maximum absolute atomic E-state index is 5.97. The molecule has 100 valence electrons. The van der Waals surface area contributed by atoms with E-state index < -0.39 is 0 Å². The van der Waals surface area contributed by atoms with Crippen LogP contribution in [0.3, 0.4) is 0 Å². The second kappa shape index (κ2) is 5.62. The third kappa shape index (κ3) is 2.43. The minimum Gasteiger partial charge on any atom is -0.495 e. The van der Waals surface area contributed by atoms with Crippen molar-refractivity contribution in [3.63, 3.8) is 0 Å². The van der Waals surface area contributed by atoms with Crippen LogP contribution in [0.15, 0.2) is 4.47 Å². The maximum atomic E-state index is 5.97. The van der Waals surface area contributed by atoms with Gasteiger partial charge in [0, 0.05) is 11.6 Å². The van der Waals surface area contributed by atoms with Gasteiger partial charge in [-0.2, -0.15) is 0 Å². The zero-order chi connectivity index (χ0) is 13.3. The molecular formula is C15H22BrNO. The third-order valence-electron chi connectivity index (χ3n) is 3.84. The molecule has 2 rings (SSSR count). The number of methoxy groups -OCH3 is 1. The van der Waals surface area contributed by atoms with Crippen LogP contribution in [0.5, 0.6) is 5.75 Å².